The maximum absolute atomic E-state index is 15.3. The van der Waals surface area contributed by atoms with Crippen LogP contribution in [0.3, 0.4) is 0 Å². The van der Waals surface area contributed by atoms with E-state index in [-0.39, 0.29) is 68.3 Å². The van der Waals surface area contributed by atoms with Crippen molar-refractivity contribution in [1.82, 2.24) is 39.9 Å². The number of halogens is 4. The third-order valence-electron chi connectivity index (χ3n) is 9.37. The summed E-state index contributed by atoms with van der Waals surface area (Å²) in [5, 5.41) is 0. The minimum Gasteiger partial charge on any atom is -0.644 e. The molecule has 10 aromatic rings. The summed E-state index contributed by atoms with van der Waals surface area (Å²) in [6.45, 7) is 0. The molecule has 3 aromatic carbocycles. The molecule has 0 amide bonds. The van der Waals surface area contributed by atoms with Gasteiger partial charge in [0.15, 0.2) is 23.3 Å². The quantitative estimate of drug-likeness (QED) is 0.128. The predicted molar refractivity (Wildman–Crippen MR) is 229 cm³/mol. The smallest absolute Gasteiger partial charge is 0.216 e. The van der Waals surface area contributed by atoms with E-state index in [0.29, 0.717) is 28.7 Å². The van der Waals surface area contributed by atoms with E-state index in [0.717, 1.165) is 0 Å². The second-order valence-corrected chi connectivity index (χ2v) is 13.5. The molecule has 13 heteroatoms. The fourth-order valence-corrected chi connectivity index (χ4v) is 6.62. The first-order valence-electron chi connectivity index (χ1n) is 19.5. The molecule has 1 aliphatic heterocycles. The summed E-state index contributed by atoms with van der Waals surface area (Å²) in [6, 6.07) is 45.5. The van der Waals surface area contributed by atoms with Crippen LogP contribution in [0, 0.1) is 41.0 Å². The molecule has 0 saturated heterocycles. The maximum atomic E-state index is 15.3. The number of nitrogens with zero attached hydrogens (tertiary/aromatic N) is 8. The van der Waals surface area contributed by atoms with E-state index in [9.17, 15) is 0 Å². The number of aromatic nitrogens is 8. The van der Waals surface area contributed by atoms with Gasteiger partial charge in [-0.1, -0.05) is 59.9 Å². The third-order valence-corrected chi connectivity index (χ3v) is 9.37. The molecule has 0 atom stereocenters. The van der Waals surface area contributed by atoms with Gasteiger partial charge in [0.2, 0.25) is 5.82 Å². The summed E-state index contributed by atoms with van der Waals surface area (Å²) in [6.07, 6.45) is 10.1. The van der Waals surface area contributed by atoms with E-state index in [1.807, 2.05) is 72.8 Å². The van der Waals surface area contributed by atoms with Gasteiger partial charge < -0.3 is 19.9 Å². The molecule has 0 fully saturated rings. The van der Waals surface area contributed by atoms with Gasteiger partial charge in [-0.3, -0.25) is 9.97 Å². The largest absolute Gasteiger partial charge is 0.644 e. The Labute approximate surface area is 377 Å². The third kappa shape index (κ3) is 10.2. The van der Waals surface area contributed by atoms with Crippen LogP contribution < -0.4 is 19.9 Å². The number of rotatable bonds is 3. The van der Waals surface area contributed by atoms with Gasteiger partial charge in [0.1, 0.15) is 11.1 Å². The normalized spacial score (nSPS) is 11.2. The van der Waals surface area contributed by atoms with Crippen molar-refractivity contribution in [3.05, 3.63) is 293 Å². The van der Waals surface area contributed by atoms with Crippen LogP contribution in [-0.4, -0.2) is 19.9 Å². The average molecular weight is 893 g/mol. The van der Waals surface area contributed by atoms with Crippen LogP contribution in [-0.2, 0) is 16.8 Å². The molecular formula is C51H33CoF4N8-. The van der Waals surface area contributed by atoms with Crippen molar-refractivity contribution in [2.45, 2.75) is 0 Å². The molecule has 8 heterocycles. The van der Waals surface area contributed by atoms with Crippen molar-refractivity contribution in [2.24, 2.45) is 0 Å². The summed E-state index contributed by atoms with van der Waals surface area (Å²) in [4.78, 5) is 35.4. The maximum Gasteiger partial charge on any atom is 0.216 e. The molecule has 8 bridgehead atoms. The molecule has 1 aliphatic rings. The molecule has 0 spiro atoms. The van der Waals surface area contributed by atoms with Gasteiger partial charge in [-0.25, -0.2) is 9.97 Å². The van der Waals surface area contributed by atoms with Gasteiger partial charge in [-0.2, -0.15) is 17.6 Å². The first kappa shape index (κ1) is 44.1. The van der Waals surface area contributed by atoms with Crippen molar-refractivity contribution in [2.75, 3.05) is 0 Å². The second-order valence-electron chi connectivity index (χ2n) is 13.5. The van der Waals surface area contributed by atoms with Crippen molar-refractivity contribution in [1.29, 1.82) is 0 Å². The van der Waals surface area contributed by atoms with Crippen molar-refractivity contribution in [3.63, 3.8) is 0 Å². The Morgan fingerprint density at radius 3 is 0.953 bits per heavy atom. The predicted octanol–water partition coefficient (Wildman–Crippen LogP) is 9.75. The van der Waals surface area contributed by atoms with Gasteiger partial charge >= 0.3 is 0 Å². The van der Waals surface area contributed by atoms with Crippen LogP contribution in [0.4, 0.5) is 17.6 Å². The number of fused-ring (bicyclic) bond motifs is 9. The van der Waals surface area contributed by atoms with E-state index in [1.165, 1.54) is 36.4 Å². The van der Waals surface area contributed by atoms with Crippen LogP contribution in [0.2, 0.25) is 0 Å². The molecule has 0 saturated carbocycles. The Kier molecular flexibility index (Phi) is 14.6. The fraction of sp³-hybridized carbons (Fsp3) is 0. The summed E-state index contributed by atoms with van der Waals surface area (Å²) < 4.78 is 61.2. The van der Waals surface area contributed by atoms with Crippen LogP contribution in [0.15, 0.2) is 201 Å². The monoisotopic (exact) mass is 892 g/mol. The molecule has 7 aromatic heterocycles. The molecule has 0 aliphatic carbocycles. The van der Waals surface area contributed by atoms with Gasteiger partial charge in [0, 0.05) is 114 Å². The summed E-state index contributed by atoms with van der Waals surface area (Å²) in [5.74, 6) is -2.19. The van der Waals surface area contributed by atoms with Crippen LogP contribution >= 0.6 is 0 Å². The Bertz CT molecular complexity index is 2610. The van der Waals surface area contributed by atoms with E-state index in [1.54, 1.807) is 91.8 Å². The molecule has 0 N–H and O–H groups in total. The van der Waals surface area contributed by atoms with Crippen LogP contribution in [0.1, 0.15) is 51.1 Å². The average Bonchev–Trinajstić information content (AvgIpc) is 4.19. The zero-order chi connectivity index (χ0) is 43.4. The Morgan fingerprint density at radius 2 is 0.625 bits per heavy atom. The first-order chi connectivity index (χ1) is 31.0. The zero-order valence-electron chi connectivity index (χ0n) is 33.5. The second kappa shape index (κ2) is 21.2. The Balaban J connectivity index is 0.000000267. The number of benzene rings is 3. The molecule has 64 heavy (non-hydrogen) atoms. The van der Waals surface area contributed by atoms with E-state index in [2.05, 4.69) is 29.9 Å². The molecule has 1 radical (unpaired) electrons. The van der Waals surface area contributed by atoms with E-state index in [4.69, 9.17) is 9.97 Å². The molecular weight excluding hydrogens is 860 g/mol. The van der Waals surface area contributed by atoms with E-state index < -0.39 is 23.3 Å². The zero-order valence-corrected chi connectivity index (χ0v) is 34.5. The standard InChI is InChI=1S/C35H17F4N6.C6H6.2C5H5N.Co/c36-18-4-1-5-19(37)30(18)32-24-10-8-22(42-24)23-9-11-25(43-23)33(31-20(38)6-2-7-21(31)39)27-13-15-29(45-27)34(28-14-12-26(32)44-28)35-40-16-3-17-41-35;3*1-2-4-6-5-3-1;/h1-17H;1-6H;2*1-5H;/q-1;;;;. The SMILES string of the molecule is Fc1cccc(F)c1[C+]1c2ccc([n-]2)-c2ccc([n-]2)[C+](c2c(F)cccc2F)c2ccc([n-]2)[C+](c2ncccn2)c2ccc1[n-]2.[Co].c1ccccc1.c1ccncc1.c1ccncc1. The van der Waals surface area contributed by atoms with Gasteiger partial charge in [-0.15, -0.1) is 11.4 Å². The van der Waals surface area contributed by atoms with Gasteiger partial charge in [-0.05, 0) is 89.5 Å². The molecule has 11 rings (SSSR count). The van der Waals surface area contributed by atoms with Crippen molar-refractivity contribution >= 4 is 0 Å². The van der Waals surface area contributed by atoms with Gasteiger partial charge in [0.25, 0.3) is 0 Å². The van der Waals surface area contributed by atoms with Crippen molar-refractivity contribution < 1.29 is 34.3 Å². The molecule has 315 valence electrons. The van der Waals surface area contributed by atoms with Crippen LogP contribution in [0.5, 0.6) is 0 Å². The summed E-state index contributed by atoms with van der Waals surface area (Å²) >= 11 is 0. The number of pyridine rings is 2. The summed E-state index contributed by atoms with van der Waals surface area (Å²) in [7, 11) is 0. The molecule has 8 nitrogen and oxygen atoms in total. The first-order valence-corrected chi connectivity index (χ1v) is 19.5. The Morgan fingerprint density at radius 1 is 0.312 bits per heavy atom. The minimum absolute atomic E-state index is 0. The fourth-order valence-electron chi connectivity index (χ4n) is 6.62. The molecule has 0 unspecified atom stereocenters. The minimum atomic E-state index is -0.783. The Hall–Kier alpha value is -8.00. The topological polar surface area (TPSA) is 108 Å². The van der Waals surface area contributed by atoms with Gasteiger partial charge in [0.05, 0.1) is 5.92 Å². The number of hydrogen-bond acceptors (Lipinski definition) is 4. The van der Waals surface area contributed by atoms with Crippen LogP contribution in [0.25, 0.3) is 11.4 Å². The number of hydrogen-bond donors (Lipinski definition) is 0. The van der Waals surface area contributed by atoms with Crippen molar-refractivity contribution in [3.8, 4) is 11.4 Å². The summed E-state index contributed by atoms with van der Waals surface area (Å²) in [5.41, 5.74) is 1.96. The van der Waals surface area contributed by atoms with E-state index >= 15 is 17.6 Å².